The molecule has 0 radical (unpaired) electrons. The highest BCUT2D eigenvalue weighted by Crippen LogP contribution is 2.36. The van der Waals surface area contributed by atoms with Gasteiger partial charge in [-0.2, -0.15) is 0 Å². The first-order valence-electron chi connectivity index (χ1n) is 4.91. The maximum atomic E-state index is 13.4. The zero-order valence-corrected chi connectivity index (χ0v) is 9.64. The predicted octanol–water partition coefficient (Wildman–Crippen LogP) is 1.24. The molecule has 1 saturated carbocycles. The van der Waals surface area contributed by atoms with E-state index >= 15 is 0 Å². The number of benzene rings is 1. The van der Waals surface area contributed by atoms with Crippen molar-refractivity contribution in [3.8, 4) is 0 Å². The Labute approximate surface area is 93.7 Å². The van der Waals surface area contributed by atoms with Gasteiger partial charge in [-0.05, 0) is 38.0 Å². The van der Waals surface area contributed by atoms with Gasteiger partial charge in [0.15, 0.2) is 0 Å². The maximum Gasteiger partial charge on any atom is 0.243 e. The van der Waals surface area contributed by atoms with Crippen molar-refractivity contribution in [2.45, 2.75) is 30.2 Å². The van der Waals surface area contributed by atoms with Crippen LogP contribution in [0.1, 0.15) is 19.8 Å². The van der Waals surface area contributed by atoms with Crippen LogP contribution in [0.15, 0.2) is 23.1 Å². The lowest BCUT2D eigenvalue weighted by Crippen LogP contribution is -2.34. The Balaban J connectivity index is 2.35. The number of rotatable bonds is 3. The molecular formula is C10H13FN2O2S. The molecule has 6 heteroatoms. The van der Waals surface area contributed by atoms with Gasteiger partial charge in [-0.3, -0.25) is 0 Å². The van der Waals surface area contributed by atoms with Crippen LogP contribution in [0, 0.1) is 5.82 Å². The van der Waals surface area contributed by atoms with E-state index in [-0.39, 0.29) is 10.6 Å². The second-order valence-electron chi connectivity index (χ2n) is 4.36. The van der Waals surface area contributed by atoms with Gasteiger partial charge >= 0.3 is 0 Å². The number of hydrogen-bond acceptors (Lipinski definition) is 3. The SMILES string of the molecule is CC1(NS(=O)(=O)c2ccc(N)cc2F)CC1. The predicted molar refractivity (Wildman–Crippen MR) is 58.8 cm³/mol. The Kier molecular flexibility index (Phi) is 2.43. The number of sulfonamides is 1. The monoisotopic (exact) mass is 244 g/mol. The molecule has 3 N–H and O–H groups in total. The van der Waals surface area contributed by atoms with E-state index in [0.717, 1.165) is 18.9 Å². The molecule has 0 spiro atoms. The molecule has 0 aliphatic heterocycles. The van der Waals surface area contributed by atoms with E-state index in [2.05, 4.69) is 4.72 Å². The van der Waals surface area contributed by atoms with Crippen LogP contribution in [0.2, 0.25) is 0 Å². The number of anilines is 1. The molecule has 0 aromatic heterocycles. The standard InChI is InChI=1S/C10H13FN2O2S/c1-10(4-5-10)13-16(14,15)9-3-2-7(12)6-8(9)11/h2-3,6,13H,4-5,12H2,1H3. The maximum absolute atomic E-state index is 13.4. The fourth-order valence-corrected chi connectivity index (χ4v) is 2.93. The van der Waals surface area contributed by atoms with E-state index < -0.39 is 21.4 Å². The van der Waals surface area contributed by atoms with Crippen LogP contribution < -0.4 is 10.5 Å². The summed E-state index contributed by atoms with van der Waals surface area (Å²) in [7, 11) is -3.78. The minimum absolute atomic E-state index is 0.203. The molecule has 1 fully saturated rings. The second-order valence-corrected chi connectivity index (χ2v) is 6.01. The molecule has 0 heterocycles. The van der Waals surface area contributed by atoms with Gasteiger partial charge in [-0.25, -0.2) is 17.5 Å². The molecule has 1 aromatic rings. The number of nitrogens with one attached hydrogen (secondary N) is 1. The van der Waals surface area contributed by atoms with Crippen LogP contribution >= 0.6 is 0 Å². The molecule has 1 aliphatic carbocycles. The van der Waals surface area contributed by atoms with E-state index in [1.807, 2.05) is 0 Å². The van der Waals surface area contributed by atoms with Crippen LogP contribution in [-0.4, -0.2) is 14.0 Å². The second kappa shape index (κ2) is 3.43. The number of nitrogens with two attached hydrogens (primary N) is 1. The van der Waals surface area contributed by atoms with Crippen molar-refractivity contribution >= 4 is 15.7 Å². The van der Waals surface area contributed by atoms with Crippen molar-refractivity contribution in [1.29, 1.82) is 0 Å². The van der Waals surface area contributed by atoms with Crippen molar-refractivity contribution < 1.29 is 12.8 Å². The molecule has 0 saturated heterocycles. The third-order valence-corrected chi connectivity index (χ3v) is 4.30. The Bertz CT molecular complexity index is 524. The van der Waals surface area contributed by atoms with Gasteiger partial charge in [0, 0.05) is 11.2 Å². The number of hydrogen-bond donors (Lipinski definition) is 2. The van der Waals surface area contributed by atoms with Crippen molar-refractivity contribution in [1.82, 2.24) is 4.72 Å². The molecule has 16 heavy (non-hydrogen) atoms. The summed E-state index contributed by atoms with van der Waals surface area (Å²) in [4.78, 5) is -0.352. The van der Waals surface area contributed by atoms with Crippen LogP contribution in [0.3, 0.4) is 0 Å². The summed E-state index contributed by atoms with van der Waals surface area (Å²) in [5, 5.41) is 0. The van der Waals surface area contributed by atoms with Gasteiger partial charge in [0.2, 0.25) is 10.0 Å². The highest BCUT2D eigenvalue weighted by Gasteiger charge is 2.41. The topological polar surface area (TPSA) is 72.2 Å². The summed E-state index contributed by atoms with van der Waals surface area (Å²) in [5.41, 5.74) is 5.15. The molecule has 0 atom stereocenters. The summed E-state index contributed by atoms with van der Waals surface area (Å²) < 4.78 is 39.6. The summed E-state index contributed by atoms with van der Waals surface area (Å²) in [5.74, 6) is -0.822. The zero-order chi connectivity index (χ0) is 12.0. The Morgan fingerprint density at radius 1 is 1.44 bits per heavy atom. The van der Waals surface area contributed by atoms with Crippen LogP contribution in [0.25, 0.3) is 0 Å². The first-order chi connectivity index (χ1) is 7.32. The summed E-state index contributed by atoms with van der Waals surface area (Å²) in [6.45, 7) is 1.79. The third-order valence-electron chi connectivity index (χ3n) is 2.63. The molecular weight excluding hydrogens is 231 g/mol. The summed E-state index contributed by atoms with van der Waals surface area (Å²) in [6.07, 6.45) is 1.56. The molecule has 2 rings (SSSR count). The molecule has 1 aromatic carbocycles. The van der Waals surface area contributed by atoms with Crippen LogP contribution in [0.4, 0.5) is 10.1 Å². The zero-order valence-electron chi connectivity index (χ0n) is 8.83. The minimum Gasteiger partial charge on any atom is -0.399 e. The summed E-state index contributed by atoms with van der Waals surface area (Å²) in [6, 6.07) is 3.55. The molecule has 0 unspecified atom stereocenters. The normalized spacial score (nSPS) is 18.4. The highest BCUT2D eigenvalue weighted by molar-refractivity contribution is 7.89. The lowest BCUT2D eigenvalue weighted by molar-refractivity contribution is 0.541. The molecule has 0 bridgehead atoms. The Hall–Kier alpha value is -1.14. The first-order valence-corrected chi connectivity index (χ1v) is 6.40. The summed E-state index contributed by atoms with van der Waals surface area (Å²) >= 11 is 0. The van der Waals surface area contributed by atoms with Gasteiger partial charge in [0.25, 0.3) is 0 Å². The van der Waals surface area contributed by atoms with Gasteiger partial charge in [0.1, 0.15) is 10.7 Å². The third kappa shape index (κ3) is 2.17. The van der Waals surface area contributed by atoms with Gasteiger partial charge in [-0.15, -0.1) is 0 Å². The van der Waals surface area contributed by atoms with E-state index in [9.17, 15) is 12.8 Å². The van der Waals surface area contributed by atoms with Crippen molar-refractivity contribution in [2.24, 2.45) is 0 Å². The highest BCUT2D eigenvalue weighted by atomic mass is 32.2. The fraction of sp³-hybridized carbons (Fsp3) is 0.400. The van der Waals surface area contributed by atoms with E-state index in [1.54, 1.807) is 6.92 Å². The molecule has 1 aliphatic rings. The lowest BCUT2D eigenvalue weighted by atomic mass is 10.3. The first kappa shape index (κ1) is 11.3. The van der Waals surface area contributed by atoms with Crippen molar-refractivity contribution in [3.05, 3.63) is 24.0 Å². The smallest absolute Gasteiger partial charge is 0.243 e. The average molecular weight is 244 g/mol. The van der Waals surface area contributed by atoms with Crippen LogP contribution in [-0.2, 0) is 10.0 Å². The van der Waals surface area contributed by atoms with Crippen molar-refractivity contribution in [3.63, 3.8) is 0 Å². The van der Waals surface area contributed by atoms with Crippen molar-refractivity contribution in [2.75, 3.05) is 5.73 Å². The number of halogens is 1. The van der Waals surface area contributed by atoms with E-state index in [0.29, 0.717) is 0 Å². The van der Waals surface area contributed by atoms with Gasteiger partial charge in [-0.1, -0.05) is 0 Å². The van der Waals surface area contributed by atoms with Gasteiger partial charge in [0.05, 0.1) is 0 Å². The fourth-order valence-electron chi connectivity index (χ4n) is 1.40. The van der Waals surface area contributed by atoms with Gasteiger partial charge < -0.3 is 5.73 Å². The lowest BCUT2D eigenvalue weighted by Gasteiger charge is -2.12. The molecule has 88 valence electrons. The minimum atomic E-state index is -3.78. The van der Waals surface area contributed by atoms with E-state index in [4.69, 9.17) is 5.73 Å². The number of nitrogen functional groups attached to an aromatic ring is 1. The Morgan fingerprint density at radius 2 is 2.06 bits per heavy atom. The molecule has 0 amide bonds. The quantitative estimate of drug-likeness (QED) is 0.786. The largest absolute Gasteiger partial charge is 0.399 e. The average Bonchev–Trinajstić information content (AvgIpc) is 2.80. The Morgan fingerprint density at radius 3 is 2.56 bits per heavy atom. The molecule has 4 nitrogen and oxygen atoms in total. The van der Waals surface area contributed by atoms with E-state index in [1.165, 1.54) is 12.1 Å². The van der Waals surface area contributed by atoms with Crippen LogP contribution in [0.5, 0.6) is 0 Å².